The van der Waals surface area contributed by atoms with Crippen LogP contribution in [0.1, 0.15) is 22.8 Å². The van der Waals surface area contributed by atoms with Gasteiger partial charge in [0.25, 0.3) is 0 Å². The summed E-state index contributed by atoms with van der Waals surface area (Å²) in [7, 11) is 0. The predicted octanol–water partition coefficient (Wildman–Crippen LogP) is 2.67. The molecule has 108 valence electrons. The molecule has 0 aromatic heterocycles. The Morgan fingerprint density at radius 3 is 2.38 bits per heavy atom. The maximum atomic E-state index is 12.0. The number of benzene rings is 2. The van der Waals surface area contributed by atoms with Gasteiger partial charge in [-0.25, -0.2) is 4.79 Å². The number of rotatable bonds is 4. The summed E-state index contributed by atoms with van der Waals surface area (Å²) in [5, 5.41) is 9.18. The van der Waals surface area contributed by atoms with Crippen molar-refractivity contribution >= 4 is 11.9 Å². The molecular weight excluding hydrogens is 272 g/mol. The van der Waals surface area contributed by atoms with Crippen molar-refractivity contribution in [3.8, 4) is 11.5 Å². The van der Waals surface area contributed by atoms with E-state index in [1.54, 1.807) is 24.3 Å². The van der Waals surface area contributed by atoms with E-state index in [0.717, 1.165) is 5.56 Å². The quantitative estimate of drug-likeness (QED) is 0.691. The van der Waals surface area contributed by atoms with E-state index in [4.69, 9.17) is 9.47 Å². The van der Waals surface area contributed by atoms with Crippen LogP contribution in [-0.2, 0) is 16.1 Å². The number of ether oxygens (including phenoxy) is 2. The van der Waals surface area contributed by atoms with E-state index in [2.05, 4.69) is 0 Å². The Morgan fingerprint density at radius 1 is 1.05 bits per heavy atom. The Hall–Kier alpha value is -2.82. The third-order valence-electron chi connectivity index (χ3n) is 2.67. The van der Waals surface area contributed by atoms with Crippen LogP contribution < -0.4 is 4.74 Å². The van der Waals surface area contributed by atoms with Gasteiger partial charge in [-0.2, -0.15) is 0 Å². The van der Waals surface area contributed by atoms with Crippen molar-refractivity contribution in [1.29, 1.82) is 0 Å². The molecule has 0 aliphatic carbocycles. The minimum Gasteiger partial charge on any atom is -0.508 e. The first-order valence-electron chi connectivity index (χ1n) is 6.29. The van der Waals surface area contributed by atoms with Crippen molar-refractivity contribution in [2.75, 3.05) is 0 Å². The van der Waals surface area contributed by atoms with Gasteiger partial charge in [-0.3, -0.25) is 4.79 Å². The minimum absolute atomic E-state index is 0.0630. The summed E-state index contributed by atoms with van der Waals surface area (Å²) in [5.41, 5.74) is 0.928. The van der Waals surface area contributed by atoms with E-state index in [-0.39, 0.29) is 23.7 Å². The molecule has 0 atom stereocenters. The summed E-state index contributed by atoms with van der Waals surface area (Å²) in [6, 6.07) is 12.7. The van der Waals surface area contributed by atoms with E-state index >= 15 is 0 Å². The molecule has 0 amide bonds. The minimum atomic E-state index is -0.583. The summed E-state index contributed by atoms with van der Waals surface area (Å²) in [6.45, 7) is 1.33. The number of hydrogen-bond donors (Lipinski definition) is 1. The normalized spacial score (nSPS) is 9.95. The van der Waals surface area contributed by atoms with E-state index in [1.165, 1.54) is 31.2 Å². The Bertz CT molecular complexity index is 646. The van der Waals surface area contributed by atoms with Crippen LogP contribution in [-0.4, -0.2) is 17.0 Å². The van der Waals surface area contributed by atoms with Gasteiger partial charge in [0.1, 0.15) is 23.7 Å². The van der Waals surface area contributed by atoms with E-state index in [0.29, 0.717) is 0 Å². The Morgan fingerprint density at radius 2 is 1.71 bits per heavy atom. The monoisotopic (exact) mass is 286 g/mol. The highest BCUT2D eigenvalue weighted by Gasteiger charge is 2.14. The first-order valence-corrected chi connectivity index (χ1v) is 6.29. The highest BCUT2D eigenvalue weighted by atomic mass is 16.5. The molecule has 0 aliphatic heterocycles. The maximum Gasteiger partial charge on any atom is 0.342 e. The molecule has 0 fully saturated rings. The van der Waals surface area contributed by atoms with Gasteiger partial charge < -0.3 is 14.6 Å². The molecule has 1 N–H and O–H groups in total. The molecular formula is C16H14O5. The van der Waals surface area contributed by atoms with Crippen molar-refractivity contribution in [2.24, 2.45) is 0 Å². The molecule has 0 bridgehead atoms. The Kier molecular flexibility index (Phi) is 4.56. The maximum absolute atomic E-state index is 12.0. The van der Waals surface area contributed by atoms with E-state index in [9.17, 15) is 14.7 Å². The number of aromatic hydroxyl groups is 1. The molecule has 0 spiro atoms. The predicted molar refractivity (Wildman–Crippen MR) is 75.0 cm³/mol. The zero-order valence-electron chi connectivity index (χ0n) is 11.4. The standard InChI is InChI=1S/C16H14O5/c1-11(17)21-15-5-3-2-4-14(15)16(19)20-10-12-6-8-13(18)9-7-12/h2-9,18H,10H2,1H3. The Balaban J connectivity index is 2.06. The van der Waals surface area contributed by atoms with Crippen molar-refractivity contribution < 1.29 is 24.2 Å². The SMILES string of the molecule is CC(=O)Oc1ccccc1C(=O)OCc1ccc(O)cc1. The summed E-state index contributed by atoms with van der Waals surface area (Å²) in [5.74, 6) is -0.778. The van der Waals surface area contributed by atoms with Gasteiger partial charge in [-0.15, -0.1) is 0 Å². The van der Waals surface area contributed by atoms with Crippen molar-refractivity contribution in [3.63, 3.8) is 0 Å². The summed E-state index contributed by atoms with van der Waals surface area (Å²) < 4.78 is 10.1. The number of carbonyl (C=O) groups is 2. The molecule has 21 heavy (non-hydrogen) atoms. The highest BCUT2D eigenvalue weighted by molar-refractivity contribution is 5.93. The lowest BCUT2D eigenvalue weighted by Gasteiger charge is -2.09. The second-order valence-corrected chi connectivity index (χ2v) is 4.33. The van der Waals surface area contributed by atoms with Crippen LogP contribution in [0.3, 0.4) is 0 Å². The number of hydrogen-bond acceptors (Lipinski definition) is 5. The van der Waals surface area contributed by atoms with Crippen molar-refractivity contribution in [1.82, 2.24) is 0 Å². The van der Waals surface area contributed by atoms with Crippen LogP contribution in [0.15, 0.2) is 48.5 Å². The molecule has 2 rings (SSSR count). The van der Waals surface area contributed by atoms with Crippen LogP contribution in [0.2, 0.25) is 0 Å². The number of carbonyl (C=O) groups excluding carboxylic acids is 2. The van der Waals surface area contributed by atoms with Crippen LogP contribution in [0.5, 0.6) is 11.5 Å². The van der Waals surface area contributed by atoms with Gasteiger partial charge in [-0.1, -0.05) is 24.3 Å². The molecule has 0 saturated carbocycles. The average molecular weight is 286 g/mol. The number of esters is 2. The van der Waals surface area contributed by atoms with Gasteiger partial charge in [0.2, 0.25) is 0 Å². The van der Waals surface area contributed by atoms with Gasteiger partial charge in [-0.05, 0) is 29.8 Å². The highest BCUT2D eigenvalue weighted by Crippen LogP contribution is 2.20. The second-order valence-electron chi connectivity index (χ2n) is 4.33. The largest absolute Gasteiger partial charge is 0.508 e. The van der Waals surface area contributed by atoms with Crippen LogP contribution in [0.25, 0.3) is 0 Å². The molecule has 0 radical (unpaired) electrons. The lowest BCUT2D eigenvalue weighted by atomic mass is 10.2. The van der Waals surface area contributed by atoms with Gasteiger partial charge in [0, 0.05) is 6.92 Å². The topological polar surface area (TPSA) is 72.8 Å². The third kappa shape index (κ3) is 4.07. The number of phenols is 1. The van der Waals surface area contributed by atoms with Gasteiger partial charge in [0.15, 0.2) is 0 Å². The molecule has 0 saturated heterocycles. The molecule has 0 heterocycles. The van der Waals surface area contributed by atoms with E-state index in [1.807, 2.05) is 0 Å². The lowest BCUT2D eigenvalue weighted by molar-refractivity contribution is -0.131. The van der Waals surface area contributed by atoms with Gasteiger partial charge >= 0.3 is 11.9 Å². The zero-order chi connectivity index (χ0) is 15.2. The fourth-order valence-corrected chi connectivity index (χ4v) is 1.70. The zero-order valence-corrected chi connectivity index (χ0v) is 11.4. The van der Waals surface area contributed by atoms with Crippen molar-refractivity contribution in [3.05, 3.63) is 59.7 Å². The van der Waals surface area contributed by atoms with Gasteiger partial charge in [0.05, 0.1) is 0 Å². The number of para-hydroxylation sites is 1. The molecule has 0 aliphatic rings. The summed E-state index contributed by atoms with van der Waals surface area (Å²) in [4.78, 5) is 23.0. The molecule has 5 nitrogen and oxygen atoms in total. The molecule has 5 heteroatoms. The first-order chi connectivity index (χ1) is 10.1. The van der Waals surface area contributed by atoms with Crippen LogP contribution >= 0.6 is 0 Å². The summed E-state index contributed by atoms with van der Waals surface area (Å²) in [6.07, 6.45) is 0. The van der Waals surface area contributed by atoms with Crippen LogP contribution in [0, 0.1) is 0 Å². The second kappa shape index (κ2) is 6.56. The lowest BCUT2D eigenvalue weighted by Crippen LogP contribution is -2.10. The smallest absolute Gasteiger partial charge is 0.342 e. The van der Waals surface area contributed by atoms with Crippen molar-refractivity contribution in [2.45, 2.75) is 13.5 Å². The Labute approximate surface area is 121 Å². The average Bonchev–Trinajstić information content (AvgIpc) is 2.46. The fourth-order valence-electron chi connectivity index (χ4n) is 1.70. The third-order valence-corrected chi connectivity index (χ3v) is 2.67. The molecule has 0 unspecified atom stereocenters. The molecule has 2 aromatic carbocycles. The van der Waals surface area contributed by atoms with Crippen LogP contribution in [0.4, 0.5) is 0 Å². The molecule has 2 aromatic rings. The fraction of sp³-hybridized carbons (Fsp3) is 0.125. The van der Waals surface area contributed by atoms with E-state index < -0.39 is 11.9 Å². The first kappa shape index (κ1) is 14.6. The summed E-state index contributed by atoms with van der Waals surface area (Å²) >= 11 is 0. The number of phenolic OH excluding ortho intramolecular Hbond substituents is 1.